The highest BCUT2D eigenvalue weighted by atomic mass is 35.5. The molecule has 0 bridgehead atoms. The molecule has 2 atom stereocenters. The summed E-state index contributed by atoms with van der Waals surface area (Å²) in [5.41, 5.74) is 8.00. The van der Waals surface area contributed by atoms with E-state index in [2.05, 4.69) is 55.5 Å². The fraction of sp³-hybridized carbons (Fsp3) is 0.375. The number of carbonyl (C=O) groups is 1. The van der Waals surface area contributed by atoms with E-state index in [0.717, 1.165) is 26.1 Å². The summed E-state index contributed by atoms with van der Waals surface area (Å²) in [7, 11) is 0. The highest BCUT2D eigenvalue weighted by Crippen LogP contribution is 2.48. The first-order valence-electron chi connectivity index (χ1n) is 10.0. The summed E-state index contributed by atoms with van der Waals surface area (Å²) in [5.74, 6) is 0.539. The molecular formula is C24H24ClNO2. The van der Waals surface area contributed by atoms with E-state index < -0.39 is 0 Å². The average molecular weight is 394 g/mol. The second-order valence-electron chi connectivity index (χ2n) is 8.13. The molecule has 1 saturated heterocycles. The molecule has 0 saturated carbocycles. The number of alkyl halides is 1. The number of hydrogen-bond donors (Lipinski definition) is 0. The van der Waals surface area contributed by atoms with Gasteiger partial charge in [0.25, 0.3) is 0 Å². The molecule has 28 heavy (non-hydrogen) atoms. The summed E-state index contributed by atoms with van der Waals surface area (Å²) < 4.78 is 5.33. The Morgan fingerprint density at radius 3 is 2.50 bits per heavy atom. The van der Waals surface area contributed by atoms with Gasteiger partial charge in [0.05, 0.1) is 19.3 Å². The van der Waals surface area contributed by atoms with Crippen LogP contribution in [0.3, 0.4) is 0 Å². The molecule has 4 heteroatoms. The molecule has 0 unspecified atom stereocenters. The lowest BCUT2D eigenvalue weighted by Crippen LogP contribution is -2.45. The number of carbonyl (C=O) groups excluding carboxylic acids is 1. The van der Waals surface area contributed by atoms with Gasteiger partial charge in [-0.1, -0.05) is 48.5 Å². The Labute approximate surface area is 170 Å². The van der Waals surface area contributed by atoms with Gasteiger partial charge < -0.3 is 9.64 Å². The molecule has 3 nitrogen and oxygen atoms in total. The number of halogens is 1. The van der Waals surface area contributed by atoms with Gasteiger partial charge in [-0.25, -0.2) is 0 Å². The largest absolute Gasteiger partial charge is 0.380 e. The predicted molar refractivity (Wildman–Crippen MR) is 111 cm³/mol. The average Bonchev–Trinajstić information content (AvgIpc) is 3.04. The van der Waals surface area contributed by atoms with Crippen LogP contribution in [-0.2, 0) is 16.0 Å². The summed E-state index contributed by atoms with van der Waals surface area (Å²) in [4.78, 5) is 14.8. The molecule has 2 aliphatic heterocycles. The Balaban J connectivity index is 1.58. The van der Waals surface area contributed by atoms with Crippen molar-refractivity contribution in [3.05, 3.63) is 76.4 Å². The van der Waals surface area contributed by atoms with Gasteiger partial charge in [0.1, 0.15) is 5.88 Å². The van der Waals surface area contributed by atoms with Gasteiger partial charge in [0.15, 0.2) is 0 Å². The van der Waals surface area contributed by atoms with Gasteiger partial charge >= 0.3 is 0 Å². The fourth-order valence-electron chi connectivity index (χ4n) is 4.97. The highest BCUT2D eigenvalue weighted by molar-refractivity contribution is 6.27. The highest BCUT2D eigenvalue weighted by Gasteiger charge is 2.40. The van der Waals surface area contributed by atoms with Gasteiger partial charge in [-0.15, -0.1) is 11.6 Å². The molecule has 1 fully saturated rings. The molecule has 2 aromatic rings. The van der Waals surface area contributed by atoms with Crippen LogP contribution in [0.1, 0.15) is 47.6 Å². The third kappa shape index (κ3) is 2.80. The fourth-order valence-corrected chi connectivity index (χ4v) is 5.11. The van der Waals surface area contributed by atoms with E-state index in [-0.39, 0.29) is 23.9 Å². The van der Waals surface area contributed by atoms with E-state index in [1.807, 2.05) is 4.90 Å². The zero-order chi connectivity index (χ0) is 19.3. The van der Waals surface area contributed by atoms with E-state index in [1.165, 1.54) is 33.4 Å². The van der Waals surface area contributed by atoms with E-state index in [1.54, 1.807) is 0 Å². The molecule has 1 aliphatic carbocycles. The molecule has 5 rings (SSSR count). The van der Waals surface area contributed by atoms with Gasteiger partial charge in [-0.05, 0) is 53.2 Å². The Hall–Kier alpha value is -2.10. The van der Waals surface area contributed by atoms with Gasteiger partial charge in [-0.3, -0.25) is 4.79 Å². The lowest BCUT2D eigenvalue weighted by atomic mass is 9.84. The van der Waals surface area contributed by atoms with Crippen molar-refractivity contribution in [1.82, 2.24) is 4.90 Å². The van der Waals surface area contributed by atoms with Crippen LogP contribution in [0, 0.1) is 0 Å². The lowest BCUT2D eigenvalue weighted by Gasteiger charge is -2.42. The topological polar surface area (TPSA) is 29.5 Å². The molecule has 0 aromatic heterocycles. The Bertz CT molecular complexity index is 945. The van der Waals surface area contributed by atoms with Gasteiger partial charge in [-0.2, -0.15) is 0 Å². The van der Waals surface area contributed by atoms with Crippen LogP contribution in [0.4, 0.5) is 0 Å². The number of hydrogen-bond acceptors (Lipinski definition) is 2. The van der Waals surface area contributed by atoms with Crippen LogP contribution in [0.15, 0.2) is 54.1 Å². The molecule has 3 aliphatic rings. The number of nitrogens with zero attached hydrogens (tertiary/aromatic N) is 1. The maximum atomic E-state index is 12.8. The van der Waals surface area contributed by atoms with Crippen molar-refractivity contribution in [2.75, 3.05) is 19.1 Å². The van der Waals surface area contributed by atoms with Crippen molar-refractivity contribution < 1.29 is 9.53 Å². The zero-order valence-corrected chi connectivity index (χ0v) is 16.8. The third-order valence-corrected chi connectivity index (χ3v) is 6.69. The second-order valence-corrected chi connectivity index (χ2v) is 8.40. The smallest absolute Gasteiger partial charge is 0.238 e. The van der Waals surface area contributed by atoms with Crippen molar-refractivity contribution in [2.45, 2.75) is 37.8 Å². The SMILES string of the molecule is C[C@H]1CC2=C(Cc3ccccc32)[C@H](c2ccc(C3COC3)cc2)N1C(=O)CCl. The van der Waals surface area contributed by atoms with Crippen molar-refractivity contribution in [2.24, 2.45) is 0 Å². The van der Waals surface area contributed by atoms with Crippen molar-refractivity contribution in [3.63, 3.8) is 0 Å². The standard InChI is InChI=1S/C24H24ClNO2/c1-15-10-21-20-5-3-2-4-18(20)11-22(21)24(26(15)23(27)12-25)17-8-6-16(7-9-17)19-13-28-14-19/h2-9,15,19,24H,10-14H2,1H3/t15-,24-/m0/s1. The molecule has 144 valence electrons. The van der Waals surface area contributed by atoms with E-state index >= 15 is 0 Å². The predicted octanol–water partition coefficient (Wildman–Crippen LogP) is 4.71. The molecule has 2 aromatic carbocycles. The lowest BCUT2D eigenvalue weighted by molar-refractivity contribution is -0.132. The summed E-state index contributed by atoms with van der Waals surface area (Å²) in [6.07, 6.45) is 1.80. The first-order chi connectivity index (χ1) is 13.7. The number of fused-ring (bicyclic) bond motifs is 2. The minimum atomic E-state index is -0.0379. The normalized spacial score (nSPS) is 24.0. The third-order valence-electron chi connectivity index (χ3n) is 6.46. The minimum absolute atomic E-state index is 0.0122. The summed E-state index contributed by atoms with van der Waals surface area (Å²) >= 11 is 6.01. The molecular weight excluding hydrogens is 370 g/mol. The van der Waals surface area contributed by atoms with Crippen LogP contribution in [0.25, 0.3) is 5.57 Å². The van der Waals surface area contributed by atoms with Crippen LogP contribution < -0.4 is 0 Å². The maximum absolute atomic E-state index is 12.8. The molecule has 0 N–H and O–H groups in total. The Kier molecular flexibility index (Phi) is 4.53. The second kappa shape index (κ2) is 7.06. The first-order valence-corrected chi connectivity index (χ1v) is 10.6. The quantitative estimate of drug-likeness (QED) is 0.706. The van der Waals surface area contributed by atoms with Crippen molar-refractivity contribution >= 4 is 23.1 Å². The van der Waals surface area contributed by atoms with Crippen molar-refractivity contribution in [3.8, 4) is 0 Å². The van der Waals surface area contributed by atoms with Gasteiger partial charge in [0.2, 0.25) is 5.91 Å². The van der Waals surface area contributed by atoms with Crippen LogP contribution in [0.2, 0.25) is 0 Å². The van der Waals surface area contributed by atoms with Gasteiger partial charge in [0, 0.05) is 12.0 Å². The van der Waals surface area contributed by atoms with Crippen molar-refractivity contribution in [1.29, 1.82) is 0 Å². The molecule has 2 heterocycles. The maximum Gasteiger partial charge on any atom is 0.238 e. The van der Waals surface area contributed by atoms with E-state index in [9.17, 15) is 4.79 Å². The molecule has 0 spiro atoms. The Morgan fingerprint density at radius 1 is 1.11 bits per heavy atom. The summed E-state index contributed by atoms with van der Waals surface area (Å²) in [6.45, 7) is 3.75. The number of amides is 1. The zero-order valence-electron chi connectivity index (χ0n) is 16.0. The van der Waals surface area contributed by atoms with E-state index in [4.69, 9.17) is 16.3 Å². The minimum Gasteiger partial charge on any atom is -0.380 e. The molecule has 1 amide bonds. The Morgan fingerprint density at radius 2 is 1.82 bits per heavy atom. The number of ether oxygens (including phenoxy) is 1. The first kappa shape index (κ1) is 18.0. The molecule has 0 radical (unpaired) electrons. The monoisotopic (exact) mass is 393 g/mol. The number of benzene rings is 2. The van der Waals surface area contributed by atoms with E-state index in [0.29, 0.717) is 5.92 Å². The summed E-state index contributed by atoms with van der Waals surface area (Å²) in [6, 6.07) is 17.5. The van der Waals surface area contributed by atoms with Crippen LogP contribution >= 0.6 is 11.6 Å². The van der Waals surface area contributed by atoms with Crippen LogP contribution in [0.5, 0.6) is 0 Å². The number of rotatable bonds is 3. The summed E-state index contributed by atoms with van der Waals surface area (Å²) in [5, 5.41) is 0. The van der Waals surface area contributed by atoms with Crippen LogP contribution in [-0.4, -0.2) is 35.9 Å².